The monoisotopic (exact) mass is 261 g/mol. The van der Waals surface area contributed by atoms with Crippen molar-refractivity contribution in [2.45, 2.75) is 6.92 Å². The summed E-state index contributed by atoms with van der Waals surface area (Å²) < 4.78 is 31.3. The Morgan fingerprint density at radius 3 is 2.74 bits per heavy atom. The fourth-order valence-electron chi connectivity index (χ4n) is 1.72. The zero-order chi connectivity index (χ0) is 13.4. The molecule has 19 heavy (non-hydrogen) atoms. The normalized spacial score (nSPS) is 10.9. The zero-order valence-corrected chi connectivity index (χ0v) is 9.95. The zero-order valence-electron chi connectivity index (χ0n) is 9.95. The first-order valence-corrected chi connectivity index (χ1v) is 5.58. The number of hydrogen-bond acceptors (Lipinski definition) is 4. The standard InChI is InChI=1S/C13H9F2N3O/c1-7-2-3-8(6-16-7)17-13-9-4-5-10(14)11(15)12(9)19-18-13/h2-6H,1H3,(H,17,18). The van der Waals surface area contributed by atoms with Crippen LogP contribution in [0.3, 0.4) is 0 Å². The minimum atomic E-state index is -1.04. The van der Waals surface area contributed by atoms with Crippen molar-refractivity contribution in [1.29, 1.82) is 0 Å². The number of fused-ring (bicyclic) bond motifs is 1. The summed E-state index contributed by atoms with van der Waals surface area (Å²) in [7, 11) is 0. The highest BCUT2D eigenvalue weighted by Crippen LogP contribution is 2.28. The van der Waals surface area contributed by atoms with Gasteiger partial charge < -0.3 is 9.84 Å². The molecule has 1 aromatic carbocycles. The smallest absolute Gasteiger partial charge is 0.207 e. The van der Waals surface area contributed by atoms with Crippen LogP contribution >= 0.6 is 0 Å². The molecule has 0 spiro atoms. The molecule has 0 atom stereocenters. The SMILES string of the molecule is Cc1ccc(Nc2noc3c(F)c(F)ccc23)cn1. The van der Waals surface area contributed by atoms with E-state index < -0.39 is 11.6 Å². The molecule has 0 aliphatic carbocycles. The molecule has 0 saturated carbocycles. The van der Waals surface area contributed by atoms with Crippen LogP contribution in [0.4, 0.5) is 20.3 Å². The number of benzene rings is 1. The number of pyridine rings is 1. The van der Waals surface area contributed by atoms with Gasteiger partial charge in [-0.1, -0.05) is 5.16 Å². The molecule has 96 valence electrons. The number of nitrogens with zero attached hydrogens (tertiary/aromatic N) is 2. The fraction of sp³-hybridized carbons (Fsp3) is 0.0769. The first-order chi connectivity index (χ1) is 9.15. The van der Waals surface area contributed by atoms with Crippen molar-refractivity contribution in [3.63, 3.8) is 0 Å². The van der Waals surface area contributed by atoms with Gasteiger partial charge in [0.1, 0.15) is 0 Å². The van der Waals surface area contributed by atoms with E-state index in [1.54, 1.807) is 6.20 Å². The Hall–Kier alpha value is -2.50. The lowest BCUT2D eigenvalue weighted by Crippen LogP contribution is -1.92. The molecule has 0 bridgehead atoms. The molecule has 2 aromatic heterocycles. The van der Waals surface area contributed by atoms with E-state index in [-0.39, 0.29) is 5.58 Å². The molecule has 6 heteroatoms. The molecule has 0 amide bonds. The van der Waals surface area contributed by atoms with Crippen molar-refractivity contribution in [3.8, 4) is 0 Å². The van der Waals surface area contributed by atoms with Gasteiger partial charge in [-0.25, -0.2) is 4.39 Å². The molecule has 1 N–H and O–H groups in total. The van der Waals surface area contributed by atoms with E-state index in [0.717, 1.165) is 11.8 Å². The van der Waals surface area contributed by atoms with Crippen LogP contribution in [0.5, 0.6) is 0 Å². The van der Waals surface area contributed by atoms with Gasteiger partial charge in [0.25, 0.3) is 0 Å². The Labute approximate surface area is 107 Å². The number of aromatic nitrogens is 2. The first kappa shape index (κ1) is 11.6. The molecule has 0 radical (unpaired) electrons. The molecule has 4 nitrogen and oxygen atoms in total. The summed E-state index contributed by atoms with van der Waals surface area (Å²) in [5.41, 5.74) is 1.36. The van der Waals surface area contributed by atoms with Gasteiger partial charge in [0.05, 0.1) is 17.3 Å². The predicted molar refractivity (Wildman–Crippen MR) is 66.2 cm³/mol. The van der Waals surface area contributed by atoms with Crippen molar-refractivity contribution in [1.82, 2.24) is 10.1 Å². The topological polar surface area (TPSA) is 51.0 Å². The lowest BCUT2D eigenvalue weighted by molar-refractivity contribution is 0.429. The van der Waals surface area contributed by atoms with E-state index in [1.807, 2.05) is 19.1 Å². The van der Waals surface area contributed by atoms with Crippen molar-refractivity contribution in [3.05, 3.63) is 47.8 Å². The Morgan fingerprint density at radius 1 is 1.16 bits per heavy atom. The summed E-state index contributed by atoms with van der Waals surface area (Å²) in [6.45, 7) is 1.87. The molecule has 3 aromatic rings. The Morgan fingerprint density at radius 2 is 2.00 bits per heavy atom. The van der Waals surface area contributed by atoms with Crippen molar-refractivity contribution < 1.29 is 13.3 Å². The second-order valence-corrected chi connectivity index (χ2v) is 4.08. The van der Waals surface area contributed by atoms with Gasteiger partial charge in [-0.05, 0) is 31.2 Å². The van der Waals surface area contributed by atoms with Crippen LogP contribution < -0.4 is 5.32 Å². The molecule has 0 fully saturated rings. The number of hydrogen-bond donors (Lipinski definition) is 1. The van der Waals surface area contributed by atoms with E-state index in [4.69, 9.17) is 4.52 Å². The molecule has 0 saturated heterocycles. The molecule has 0 unspecified atom stereocenters. The Balaban J connectivity index is 2.02. The number of anilines is 2. The van der Waals surface area contributed by atoms with Gasteiger partial charge >= 0.3 is 0 Å². The van der Waals surface area contributed by atoms with Crippen LogP contribution in [-0.2, 0) is 0 Å². The summed E-state index contributed by atoms with van der Waals surface area (Å²) in [5, 5.41) is 7.01. The minimum absolute atomic E-state index is 0.206. The average molecular weight is 261 g/mol. The van der Waals surface area contributed by atoms with E-state index in [0.29, 0.717) is 16.9 Å². The lowest BCUT2D eigenvalue weighted by atomic mass is 10.2. The fourth-order valence-corrected chi connectivity index (χ4v) is 1.72. The van der Waals surface area contributed by atoms with Gasteiger partial charge in [0, 0.05) is 5.69 Å². The van der Waals surface area contributed by atoms with Crippen LogP contribution in [-0.4, -0.2) is 10.1 Å². The maximum atomic E-state index is 13.5. The van der Waals surface area contributed by atoms with E-state index in [9.17, 15) is 8.78 Å². The number of aryl methyl sites for hydroxylation is 1. The second-order valence-electron chi connectivity index (χ2n) is 4.08. The number of halogens is 2. The lowest BCUT2D eigenvalue weighted by Gasteiger charge is -2.02. The summed E-state index contributed by atoms with van der Waals surface area (Å²) in [5.74, 6) is -1.69. The number of rotatable bonds is 2. The molecule has 3 rings (SSSR count). The van der Waals surface area contributed by atoms with Gasteiger partial charge in [-0.2, -0.15) is 4.39 Å². The first-order valence-electron chi connectivity index (χ1n) is 5.58. The van der Waals surface area contributed by atoms with Crippen molar-refractivity contribution >= 4 is 22.5 Å². The third-order valence-corrected chi connectivity index (χ3v) is 2.71. The summed E-state index contributed by atoms with van der Waals surface area (Å²) in [6, 6.07) is 6.08. The largest absolute Gasteiger partial charge is 0.351 e. The molecule has 0 aliphatic heterocycles. The number of nitrogens with one attached hydrogen (secondary N) is 1. The third-order valence-electron chi connectivity index (χ3n) is 2.71. The summed E-state index contributed by atoms with van der Waals surface area (Å²) in [6.07, 6.45) is 1.62. The second kappa shape index (κ2) is 4.31. The van der Waals surface area contributed by atoms with Gasteiger partial charge in [-0.15, -0.1) is 0 Å². The molecular formula is C13H9F2N3O. The maximum absolute atomic E-state index is 13.5. The highest BCUT2D eigenvalue weighted by molar-refractivity contribution is 5.90. The molecular weight excluding hydrogens is 252 g/mol. The van der Waals surface area contributed by atoms with Crippen LogP contribution in [0.2, 0.25) is 0 Å². The highest BCUT2D eigenvalue weighted by atomic mass is 19.2. The van der Waals surface area contributed by atoms with Gasteiger partial charge in [0.15, 0.2) is 11.6 Å². The summed E-state index contributed by atoms with van der Waals surface area (Å²) >= 11 is 0. The Kier molecular flexibility index (Phi) is 2.63. The van der Waals surface area contributed by atoms with E-state index in [1.165, 1.54) is 6.07 Å². The van der Waals surface area contributed by atoms with Gasteiger partial charge in [0.2, 0.25) is 11.4 Å². The summed E-state index contributed by atoms with van der Waals surface area (Å²) in [4.78, 5) is 4.12. The quantitative estimate of drug-likeness (QED) is 0.766. The molecule has 0 aliphatic rings. The average Bonchev–Trinajstić information content (AvgIpc) is 2.80. The minimum Gasteiger partial charge on any atom is -0.351 e. The third kappa shape index (κ3) is 2.01. The molecule has 2 heterocycles. The van der Waals surface area contributed by atoms with Crippen molar-refractivity contribution in [2.24, 2.45) is 0 Å². The van der Waals surface area contributed by atoms with Crippen LogP contribution in [0.1, 0.15) is 5.69 Å². The van der Waals surface area contributed by atoms with E-state index in [2.05, 4.69) is 15.5 Å². The van der Waals surface area contributed by atoms with Crippen LogP contribution in [0, 0.1) is 18.6 Å². The predicted octanol–water partition coefficient (Wildman–Crippen LogP) is 3.55. The van der Waals surface area contributed by atoms with Crippen LogP contribution in [0.15, 0.2) is 35.0 Å². The Bertz CT molecular complexity index is 737. The van der Waals surface area contributed by atoms with Gasteiger partial charge in [-0.3, -0.25) is 4.98 Å². The highest BCUT2D eigenvalue weighted by Gasteiger charge is 2.15. The van der Waals surface area contributed by atoms with Crippen molar-refractivity contribution in [2.75, 3.05) is 5.32 Å². The maximum Gasteiger partial charge on any atom is 0.207 e. The van der Waals surface area contributed by atoms with E-state index >= 15 is 0 Å². The van der Waals surface area contributed by atoms with Crippen LogP contribution in [0.25, 0.3) is 11.0 Å².